The number of hydrogen-bond acceptors (Lipinski definition) is 4. The van der Waals surface area contributed by atoms with Gasteiger partial charge in [0, 0.05) is 14.9 Å². The van der Waals surface area contributed by atoms with Gasteiger partial charge in [0.15, 0.2) is 5.13 Å². The molecule has 0 amide bonds. The second-order valence-electron chi connectivity index (χ2n) is 5.62. The Hall–Kier alpha value is -1.27. The molecule has 1 aliphatic rings. The topological polar surface area (TPSA) is 34.1 Å². The van der Waals surface area contributed by atoms with Gasteiger partial charge in [0.25, 0.3) is 0 Å². The number of anilines is 2. The molecule has 0 unspecified atom stereocenters. The lowest BCUT2D eigenvalue weighted by atomic mass is 9.93. The molecule has 0 radical (unpaired) electrons. The number of aryl methyl sites for hydroxylation is 1. The van der Waals surface area contributed by atoms with Gasteiger partial charge in [-0.1, -0.05) is 45.2 Å². The highest BCUT2D eigenvalue weighted by Gasteiger charge is 2.26. The predicted octanol–water partition coefficient (Wildman–Crippen LogP) is 6.73. The van der Waals surface area contributed by atoms with Crippen LogP contribution in [0.4, 0.5) is 10.8 Å². The molecule has 128 valence electrons. The van der Waals surface area contributed by atoms with Gasteiger partial charge in [0.05, 0.1) is 28.5 Å². The molecule has 2 aromatic carbocycles. The van der Waals surface area contributed by atoms with Crippen molar-refractivity contribution in [3.8, 4) is 17.0 Å². The van der Waals surface area contributed by atoms with Gasteiger partial charge >= 0.3 is 0 Å². The lowest BCUT2D eigenvalue weighted by Crippen LogP contribution is -2.05. The summed E-state index contributed by atoms with van der Waals surface area (Å²) in [6.45, 7) is 0. The first-order chi connectivity index (χ1) is 12.1. The quantitative estimate of drug-likeness (QED) is 0.475. The van der Waals surface area contributed by atoms with E-state index in [-0.39, 0.29) is 0 Å². The normalized spacial score (nSPS) is 12.5. The third-order valence-corrected chi connectivity index (χ3v) is 6.76. The van der Waals surface area contributed by atoms with E-state index in [4.69, 9.17) is 32.9 Å². The largest absolute Gasteiger partial charge is 0.496 e. The third kappa shape index (κ3) is 3.04. The van der Waals surface area contributed by atoms with Crippen LogP contribution < -0.4 is 10.1 Å². The minimum absolute atomic E-state index is 0.498. The second kappa shape index (κ2) is 6.80. The Balaban J connectivity index is 1.78. The number of thiazole rings is 1. The van der Waals surface area contributed by atoms with Crippen LogP contribution in [0.1, 0.15) is 10.4 Å². The summed E-state index contributed by atoms with van der Waals surface area (Å²) in [5.41, 5.74) is 4.04. The fraction of sp³-hybridized carbons (Fsp3) is 0.167. The standard InChI is InChI=1S/C18H13BrCl2N2OS/c1-24-13-7-6-10(19)9-5-8-14-17(15(9)13)23-18(25-14)22-12-4-2-3-11(20)16(12)21/h2-4,6-7H,5,8H2,1H3,(H,22,23). The van der Waals surface area contributed by atoms with E-state index in [0.29, 0.717) is 10.0 Å². The monoisotopic (exact) mass is 454 g/mol. The van der Waals surface area contributed by atoms with Crippen LogP contribution in [0, 0.1) is 0 Å². The number of halogens is 3. The molecule has 0 saturated carbocycles. The molecule has 0 spiro atoms. The molecule has 0 atom stereocenters. The first-order valence-electron chi connectivity index (χ1n) is 7.65. The number of fused-ring (bicyclic) bond motifs is 3. The van der Waals surface area contributed by atoms with Gasteiger partial charge in [-0.3, -0.25) is 0 Å². The highest BCUT2D eigenvalue weighted by molar-refractivity contribution is 9.10. The summed E-state index contributed by atoms with van der Waals surface area (Å²) >= 11 is 17.7. The van der Waals surface area contributed by atoms with Gasteiger partial charge in [-0.05, 0) is 42.7 Å². The maximum Gasteiger partial charge on any atom is 0.188 e. The van der Waals surface area contributed by atoms with Crippen LogP contribution in [-0.4, -0.2) is 12.1 Å². The number of benzene rings is 2. The number of rotatable bonds is 3. The maximum atomic E-state index is 6.28. The van der Waals surface area contributed by atoms with Gasteiger partial charge in [-0.15, -0.1) is 11.3 Å². The lowest BCUT2D eigenvalue weighted by molar-refractivity contribution is 0.415. The minimum atomic E-state index is 0.498. The second-order valence-corrected chi connectivity index (χ2v) is 8.34. The highest BCUT2D eigenvalue weighted by Crippen LogP contribution is 2.46. The van der Waals surface area contributed by atoms with Crippen LogP contribution in [0.15, 0.2) is 34.8 Å². The van der Waals surface area contributed by atoms with E-state index in [1.165, 1.54) is 10.4 Å². The van der Waals surface area contributed by atoms with Gasteiger partial charge in [-0.25, -0.2) is 4.98 Å². The zero-order valence-corrected chi connectivity index (χ0v) is 17.1. The number of ether oxygens (including phenoxy) is 1. The molecular formula is C18H13BrCl2N2OS. The Morgan fingerprint density at radius 1 is 1.20 bits per heavy atom. The van der Waals surface area contributed by atoms with E-state index in [0.717, 1.165) is 45.1 Å². The van der Waals surface area contributed by atoms with Crippen LogP contribution in [0.2, 0.25) is 10.0 Å². The first kappa shape index (κ1) is 17.2. The third-order valence-electron chi connectivity index (χ3n) is 4.17. The van der Waals surface area contributed by atoms with Crippen LogP contribution in [0.25, 0.3) is 11.3 Å². The molecule has 0 fully saturated rings. The molecule has 7 heteroatoms. The average molecular weight is 456 g/mol. The van der Waals surface area contributed by atoms with E-state index in [1.54, 1.807) is 24.5 Å². The van der Waals surface area contributed by atoms with Crippen LogP contribution in [0.5, 0.6) is 5.75 Å². The zero-order chi connectivity index (χ0) is 17.6. The van der Waals surface area contributed by atoms with Crippen molar-refractivity contribution in [1.29, 1.82) is 0 Å². The number of nitrogens with one attached hydrogen (secondary N) is 1. The Morgan fingerprint density at radius 3 is 2.84 bits per heavy atom. The van der Waals surface area contributed by atoms with Crippen molar-refractivity contribution in [3.05, 3.63) is 55.3 Å². The molecular weight excluding hydrogens is 443 g/mol. The zero-order valence-electron chi connectivity index (χ0n) is 13.2. The Labute approximate surface area is 168 Å². The molecule has 3 nitrogen and oxygen atoms in total. The van der Waals surface area contributed by atoms with Gasteiger partial charge < -0.3 is 10.1 Å². The van der Waals surface area contributed by atoms with Gasteiger partial charge in [0.1, 0.15) is 5.75 Å². The molecule has 0 bridgehead atoms. The maximum absolute atomic E-state index is 6.28. The molecule has 1 N–H and O–H groups in total. The van der Waals surface area contributed by atoms with E-state index in [2.05, 4.69) is 21.2 Å². The van der Waals surface area contributed by atoms with E-state index < -0.39 is 0 Å². The van der Waals surface area contributed by atoms with E-state index in [9.17, 15) is 0 Å². The molecule has 1 heterocycles. The summed E-state index contributed by atoms with van der Waals surface area (Å²) in [6, 6.07) is 9.51. The summed E-state index contributed by atoms with van der Waals surface area (Å²) in [7, 11) is 1.69. The summed E-state index contributed by atoms with van der Waals surface area (Å²) in [5, 5.41) is 5.10. The van der Waals surface area contributed by atoms with Crippen LogP contribution in [0.3, 0.4) is 0 Å². The van der Waals surface area contributed by atoms with Crippen molar-refractivity contribution in [2.75, 3.05) is 12.4 Å². The van der Waals surface area contributed by atoms with Gasteiger partial charge in [-0.2, -0.15) is 0 Å². The van der Waals surface area contributed by atoms with Crippen molar-refractivity contribution < 1.29 is 4.74 Å². The Kier molecular flexibility index (Phi) is 4.67. The summed E-state index contributed by atoms with van der Waals surface area (Å²) in [6.07, 6.45) is 1.91. The lowest BCUT2D eigenvalue weighted by Gasteiger charge is -2.19. The molecule has 25 heavy (non-hydrogen) atoms. The number of hydrogen-bond donors (Lipinski definition) is 1. The summed E-state index contributed by atoms with van der Waals surface area (Å²) < 4.78 is 6.66. The number of aromatic nitrogens is 1. The summed E-state index contributed by atoms with van der Waals surface area (Å²) in [4.78, 5) is 6.05. The Bertz CT molecular complexity index is 974. The van der Waals surface area contributed by atoms with Crippen molar-refractivity contribution in [1.82, 2.24) is 4.98 Å². The first-order valence-corrected chi connectivity index (χ1v) is 10.0. The fourth-order valence-corrected chi connectivity index (χ4v) is 4.86. The van der Waals surface area contributed by atoms with Crippen LogP contribution in [-0.2, 0) is 12.8 Å². The predicted molar refractivity (Wildman–Crippen MR) is 109 cm³/mol. The average Bonchev–Trinajstić information content (AvgIpc) is 3.02. The molecule has 0 aliphatic heterocycles. The SMILES string of the molecule is COc1ccc(Br)c2c1-c1nc(Nc3cccc(Cl)c3Cl)sc1CC2. The molecule has 0 saturated heterocycles. The van der Waals surface area contributed by atoms with Gasteiger partial charge in [0.2, 0.25) is 0 Å². The molecule has 4 rings (SSSR count). The number of methoxy groups -OCH3 is 1. The van der Waals surface area contributed by atoms with Crippen molar-refractivity contribution >= 4 is 61.3 Å². The number of nitrogens with zero attached hydrogens (tertiary/aromatic N) is 1. The van der Waals surface area contributed by atoms with Crippen molar-refractivity contribution in [3.63, 3.8) is 0 Å². The minimum Gasteiger partial charge on any atom is -0.496 e. The molecule has 1 aliphatic carbocycles. The molecule has 1 aromatic heterocycles. The van der Waals surface area contributed by atoms with Crippen molar-refractivity contribution in [2.24, 2.45) is 0 Å². The van der Waals surface area contributed by atoms with Crippen LogP contribution >= 0.6 is 50.5 Å². The van der Waals surface area contributed by atoms with Crippen molar-refractivity contribution in [2.45, 2.75) is 12.8 Å². The fourth-order valence-electron chi connectivity index (χ4n) is 3.00. The molecule has 3 aromatic rings. The summed E-state index contributed by atoms with van der Waals surface area (Å²) in [5.74, 6) is 0.844. The van der Waals surface area contributed by atoms with E-state index in [1.807, 2.05) is 24.3 Å². The Morgan fingerprint density at radius 2 is 2.04 bits per heavy atom. The smallest absolute Gasteiger partial charge is 0.188 e. The van der Waals surface area contributed by atoms with E-state index >= 15 is 0 Å². The highest BCUT2D eigenvalue weighted by atomic mass is 79.9.